The topological polar surface area (TPSA) is 98.5 Å². The quantitative estimate of drug-likeness (QED) is 0.735. The van der Waals surface area contributed by atoms with Gasteiger partial charge in [0.1, 0.15) is 17.3 Å². The molecule has 1 amide bonds. The fourth-order valence-electron chi connectivity index (χ4n) is 1.34. The molecule has 6 nitrogen and oxygen atoms in total. The Hall–Kier alpha value is -1.67. The summed E-state index contributed by atoms with van der Waals surface area (Å²) in [6.45, 7) is 0. The van der Waals surface area contributed by atoms with E-state index in [4.69, 9.17) is 10.5 Å². The first kappa shape index (κ1) is 15.4. The average Bonchev–Trinajstić information content (AvgIpc) is 2.27. The Bertz CT molecular complexity index is 567. The van der Waals surface area contributed by atoms with Crippen LogP contribution in [0.1, 0.15) is 0 Å². The number of rotatable bonds is 6. The molecule has 0 radical (unpaired) electrons. The van der Waals surface area contributed by atoms with Gasteiger partial charge in [-0.15, -0.1) is 0 Å². The first-order chi connectivity index (χ1) is 8.82. The third-order valence-electron chi connectivity index (χ3n) is 2.09. The van der Waals surface area contributed by atoms with Gasteiger partial charge in [0.15, 0.2) is 9.84 Å². The minimum Gasteiger partial charge on any atom is -0.497 e. The molecule has 19 heavy (non-hydrogen) atoms. The zero-order valence-corrected chi connectivity index (χ0v) is 11.9. The number of thiocarbonyl (C=S) groups is 1. The SMILES string of the molecule is COc1ccc(NC(=O)CS(=O)(=O)CC(N)=S)cc1. The van der Waals surface area contributed by atoms with Crippen LogP contribution in [0.5, 0.6) is 5.75 Å². The van der Waals surface area contributed by atoms with Crippen LogP contribution in [0.4, 0.5) is 5.69 Å². The molecule has 0 saturated heterocycles. The fourth-order valence-corrected chi connectivity index (χ4v) is 2.88. The van der Waals surface area contributed by atoms with Crippen molar-refractivity contribution in [3.05, 3.63) is 24.3 Å². The van der Waals surface area contributed by atoms with Crippen molar-refractivity contribution in [1.82, 2.24) is 0 Å². The Balaban J connectivity index is 2.62. The van der Waals surface area contributed by atoms with Crippen LogP contribution in [0, 0.1) is 0 Å². The molecule has 0 saturated carbocycles. The van der Waals surface area contributed by atoms with Crippen molar-refractivity contribution < 1.29 is 17.9 Å². The Morgan fingerprint density at radius 3 is 2.37 bits per heavy atom. The van der Waals surface area contributed by atoms with Gasteiger partial charge in [-0.05, 0) is 24.3 Å². The van der Waals surface area contributed by atoms with Crippen molar-refractivity contribution in [3.63, 3.8) is 0 Å². The minimum atomic E-state index is -3.62. The van der Waals surface area contributed by atoms with Gasteiger partial charge in [-0.2, -0.15) is 0 Å². The highest BCUT2D eigenvalue weighted by Gasteiger charge is 2.17. The van der Waals surface area contributed by atoms with Crippen molar-refractivity contribution in [2.45, 2.75) is 0 Å². The molecular formula is C11H14N2O4S2. The Labute approximate surface area is 116 Å². The number of hydrogen-bond donors (Lipinski definition) is 2. The van der Waals surface area contributed by atoms with Gasteiger partial charge in [-0.25, -0.2) is 8.42 Å². The number of amides is 1. The second kappa shape index (κ2) is 6.48. The van der Waals surface area contributed by atoms with E-state index in [1.54, 1.807) is 24.3 Å². The molecule has 0 aromatic heterocycles. The molecule has 1 aromatic rings. The highest BCUT2D eigenvalue weighted by molar-refractivity contribution is 7.94. The molecule has 104 valence electrons. The molecule has 0 aliphatic heterocycles. The number of anilines is 1. The number of hydrogen-bond acceptors (Lipinski definition) is 5. The van der Waals surface area contributed by atoms with E-state index >= 15 is 0 Å². The lowest BCUT2D eigenvalue weighted by atomic mass is 10.3. The van der Waals surface area contributed by atoms with Gasteiger partial charge in [0, 0.05) is 5.69 Å². The second-order valence-corrected chi connectivity index (χ2v) is 6.36. The minimum absolute atomic E-state index is 0.155. The number of nitrogens with two attached hydrogens (primary N) is 1. The van der Waals surface area contributed by atoms with Crippen molar-refractivity contribution >= 4 is 38.6 Å². The number of ether oxygens (including phenoxy) is 1. The van der Waals surface area contributed by atoms with Crippen molar-refractivity contribution in [1.29, 1.82) is 0 Å². The molecular weight excluding hydrogens is 288 g/mol. The van der Waals surface area contributed by atoms with E-state index < -0.39 is 27.3 Å². The van der Waals surface area contributed by atoms with Gasteiger partial charge in [0.2, 0.25) is 5.91 Å². The van der Waals surface area contributed by atoms with Gasteiger partial charge in [-0.3, -0.25) is 4.79 Å². The molecule has 0 atom stereocenters. The van der Waals surface area contributed by atoms with E-state index in [0.29, 0.717) is 11.4 Å². The van der Waals surface area contributed by atoms with E-state index in [-0.39, 0.29) is 4.99 Å². The van der Waals surface area contributed by atoms with E-state index in [2.05, 4.69) is 17.5 Å². The fraction of sp³-hybridized carbons (Fsp3) is 0.273. The molecule has 0 aliphatic carbocycles. The third kappa shape index (κ3) is 5.66. The zero-order chi connectivity index (χ0) is 14.5. The largest absolute Gasteiger partial charge is 0.497 e. The van der Waals surface area contributed by atoms with Crippen LogP contribution in [0.15, 0.2) is 24.3 Å². The summed E-state index contributed by atoms with van der Waals surface area (Å²) in [5.74, 6) is -1.13. The summed E-state index contributed by atoms with van der Waals surface area (Å²) >= 11 is 4.51. The molecule has 0 heterocycles. The maximum absolute atomic E-state index is 11.6. The number of methoxy groups -OCH3 is 1. The predicted octanol–water partition coefficient (Wildman–Crippen LogP) is 0.335. The first-order valence-corrected chi connectivity index (χ1v) is 7.48. The summed E-state index contributed by atoms with van der Waals surface area (Å²) in [7, 11) is -2.09. The van der Waals surface area contributed by atoms with Gasteiger partial charge in [0.05, 0.1) is 12.1 Å². The lowest BCUT2D eigenvalue weighted by Crippen LogP contribution is -2.29. The number of nitrogens with one attached hydrogen (secondary N) is 1. The van der Waals surface area contributed by atoms with Gasteiger partial charge in [-0.1, -0.05) is 12.2 Å². The van der Waals surface area contributed by atoms with Gasteiger partial charge in [0.25, 0.3) is 0 Å². The summed E-state index contributed by atoms with van der Waals surface area (Å²) in [6, 6.07) is 6.52. The molecule has 8 heteroatoms. The number of carbonyl (C=O) groups excluding carboxylic acids is 1. The second-order valence-electron chi connectivity index (χ2n) is 3.78. The maximum Gasteiger partial charge on any atom is 0.239 e. The van der Waals surface area contributed by atoms with Crippen LogP contribution in [0.3, 0.4) is 0 Å². The Morgan fingerprint density at radius 1 is 1.32 bits per heavy atom. The molecule has 1 aromatic carbocycles. The molecule has 0 spiro atoms. The molecule has 3 N–H and O–H groups in total. The van der Waals surface area contributed by atoms with Crippen molar-refractivity contribution in [2.24, 2.45) is 5.73 Å². The summed E-state index contributed by atoms with van der Waals surface area (Å²) < 4.78 is 27.9. The van der Waals surface area contributed by atoms with E-state index in [1.165, 1.54) is 7.11 Å². The van der Waals surface area contributed by atoms with E-state index in [9.17, 15) is 13.2 Å². The Kier molecular flexibility index (Phi) is 5.25. The highest BCUT2D eigenvalue weighted by atomic mass is 32.2. The Morgan fingerprint density at radius 2 is 1.89 bits per heavy atom. The summed E-state index contributed by atoms with van der Waals surface area (Å²) in [4.78, 5) is 11.4. The monoisotopic (exact) mass is 302 g/mol. The molecule has 1 rings (SSSR count). The van der Waals surface area contributed by atoms with Crippen LogP contribution in [0.2, 0.25) is 0 Å². The molecule has 0 fully saturated rings. The predicted molar refractivity (Wildman–Crippen MR) is 77.1 cm³/mol. The van der Waals surface area contributed by atoms with Crippen LogP contribution in [-0.2, 0) is 14.6 Å². The van der Waals surface area contributed by atoms with Crippen molar-refractivity contribution in [3.8, 4) is 5.75 Å². The molecule has 0 unspecified atom stereocenters. The van der Waals surface area contributed by atoms with E-state index in [1.807, 2.05) is 0 Å². The van der Waals surface area contributed by atoms with E-state index in [0.717, 1.165) is 0 Å². The standard InChI is InChI=1S/C11H14N2O4S2/c1-17-9-4-2-8(3-5-9)13-11(14)7-19(15,16)6-10(12)18/h2-5H,6-7H2,1H3,(H2,12,18)(H,13,14). The summed E-state index contributed by atoms with van der Waals surface area (Å²) in [5, 5.41) is 2.46. The van der Waals surface area contributed by atoms with Crippen LogP contribution in [0.25, 0.3) is 0 Å². The number of sulfone groups is 1. The lowest BCUT2D eigenvalue weighted by Gasteiger charge is -2.06. The first-order valence-electron chi connectivity index (χ1n) is 5.25. The van der Waals surface area contributed by atoms with Crippen molar-refractivity contribution in [2.75, 3.05) is 23.9 Å². The normalized spacial score (nSPS) is 10.8. The lowest BCUT2D eigenvalue weighted by molar-refractivity contribution is -0.113. The summed E-state index contributed by atoms with van der Waals surface area (Å²) in [5.41, 5.74) is 5.63. The van der Waals surface area contributed by atoms with Gasteiger partial charge >= 0.3 is 0 Å². The van der Waals surface area contributed by atoms with Crippen LogP contribution in [-0.4, -0.2) is 37.9 Å². The zero-order valence-electron chi connectivity index (χ0n) is 10.3. The number of benzene rings is 1. The van der Waals surface area contributed by atoms with Crippen LogP contribution < -0.4 is 15.8 Å². The van der Waals surface area contributed by atoms with Crippen LogP contribution >= 0.6 is 12.2 Å². The number of carbonyl (C=O) groups is 1. The molecule has 0 bridgehead atoms. The smallest absolute Gasteiger partial charge is 0.239 e. The average molecular weight is 302 g/mol. The highest BCUT2D eigenvalue weighted by Crippen LogP contribution is 2.14. The summed E-state index contributed by atoms with van der Waals surface area (Å²) in [6.07, 6.45) is 0. The molecule has 0 aliphatic rings. The third-order valence-corrected chi connectivity index (χ3v) is 3.87. The maximum atomic E-state index is 11.6. The van der Waals surface area contributed by atoms with Gasteiger partial charge < -0.3 is 15.8 Å².